The van der Waals surface area contributed by atoms with E-state index in [1.54, 1.807) is 6.92 Å². The number of rotatable bonds is 1. The van der Waals surface area contributed by atoms with Crippen LogP contribution in [0.25, 0.3) is 0 Å². The third-order valence-corrected chi connectivity index (χ3v) is 8.80. The standard InChI is InChI=1S/C22H32O3/c1-13-11-16(24)12-15-5-6-17-18-7-8-20(25-14(2)23)21(18,3)10-9-19(17)22(13,15)4/h11,15,17-20H,5-10,12H2,1-4H3/t15-,17?,18?,19?,20-,21-,22-/m0/s1. The predicted molar refractivity (Wildman–Crippen MR) is 96.8 cm³/mol. The van der Waals surface area contributed by atoms with Crippen molar-refractivity contribution < 1.29 is 14.3 Å². The molecular weight excluding hydrogens is 312 g/mol. The Labute approximate surface area is 151 Å². The van der Waals surface area contributed by atoms with Gasteiger partial charge < -0.3 is 4.74 Å². The first-order valence-electron chi connectivity index (χ1n) is 10.2. The maximum Gasteiger partial charge on any atom is 0.302 e. The van der Waals surface area contributed by atoms with Crippen molar-refractivity contribution in [1.29, 1.82) is 0 Å². The topological polar surface area (TPSA) is 43.4 Å². The lowest BCUT2D eigenvalue weighted by atomic mass is 9.45. The molecule has 3 unspecified atom stereocenters. The molecule has 138 valence electrons. The van der Waals surface area contributed by atoms with Crippen molar-refractivity contribution >= 4 is 11.8 Å². The highest BCUT2D eigenvalue weighted by Gasteiger charge is 2.61. The van der Waals surface area contributed by atoms with Gasteiger partial charge in [0.05, 0.1) is 0 Å². The van der Waals surface area contributed by atoms with Crippen LogP contribution in [-0.4, -0.2) is 17.9 Å². The van der Waals surface area contributed by atoms with E-state index >= 15 is 0 Å². The van der Waals surface area contributed by atoms with Crippen molar-refractivity contribution in [2.75, 3.05) is 0 Å². The summed E-state index contributed by atoms with van der Waals surface area (Å²) in [6.07, 6.45) is 9.79. The lowest BCUT2D eigenvalue weighted by Gasteiger charge is -2.60. The summed E-state index contributed by atoms with van der Waals surface area (Å²) in [6, 6.07) is 0. The maximum atomic E-state index is 12.1. The van der Waals surface area contributed by atoms with Crippen LogP contribution in [0.4, 0.5) is 0 Å². The van der Waals surface area contributed by atoms with Gasteiger partial charge in [-0.15, -0.1) is 0 Å². The number of hydrogen-bond donors (Lipinski definition) is 0. The number of esters is 1. The van der Waals surface area contributed by atoms with Crippen molar-refractivity contribution in [2.24, 2.45) is 34.5 Å². The van der Waals surface area contributed by atoms with Crippen LogP contribution in [0.3, 0.4) is 0 Å². The first kappa shape index (κ1) is 17.3. The molecule has 0 bridgehead atoms. The molecule has 4 aliphatic rings. The molecular formula is C22H32O3. The molecule has 4 aliphatic carbocycles. The Morgan fingerprint density at radius 1 is 1.12 bits per heavy atom. The third kappa shape index (κ3) is 2.37. The molecule has 0 radical (unpaired) electrons. The minimum Gasteiger partial charge on any atom is -0.462 e. The Hall–Kier alpha value is -1.12. The summed E-state index contributed by atoms with van der Waals surface area (Å²) >= 11 is 0. The van der Waals surface area contributed by atoms with Crippen LogP contribution in [0, 0.1) is 34.5 Å². The van der Waals surface area contributed by atoms with Gasteiger partial charge in [-0.3, -0.25) is 9.59 Å². The quantitative estimate of drug-likeness (QED) is 0.648. The van der Waals surface area contributed by atoms with E-state index in [9.17, 15) is 9.59 Å². The summed E-state index contributed by atoms with van der Waals surface area (Å²) < 4.78 is 5.74. The molecule has 0 saturated heterocycles. The highest BCUT2D eigenvalue weighted by Crippen LogP contribution is 2.66. The first-order chi connectivity index (χ1) is 11.8. The second kappa shape index (κ2) is 5.69. The molecule has 25 heavy (non-hydrogen) atoms. The van der Waals surface area contributed by atoms with Crippen LogP contribution < -0.4 is 0 Å². The van der Waals surface area contributed by atoms with Crippen LogP contribution in [-0.2, 0) is 14.3 Å². The fourth-order valence-electron chi connectivity index (χ4n) is 7.40. The van der Waals surface area contributed by atoms with Crippen molar-refractivity contribution in [3.8, 4) is 0 Å². The molecule has 0 aromatic carbocycles. The number of carbonyl (C=O) groups excluding carboxylic acids is 2. The van der Waals surface area contributed by atoms with Crippen molar-refractivity contribution in [3.05, 3.63) is 11.6 Å². The summed E-state index contributed by atoms with van der Waals surface area (Å²) in [5.74, 6) is 2.80. The van der Waals surface area contributed by atoms with E-state index in [-0.39, 0.29) is 22.9 Å². The van der Waals surface area contributed by atoms with Gasteiger partial charge in [0.25, 0.3) is 0 Å². The van der Waals surface area contributed by atoms with Crippen LogP contribution >= 0.6 is 0 Å². The van der Waals surface area contributed by atoms with Gasteiger partial charge in [-0.1, -0.05) is 19.4 Å². The number of ether oxygens (including phenoxy) is 1. The van der Waals surface area contributed by atoms with E-state index in [1.165, 1.54) is 31.3 Å². The highest BCUT2D eigenvalue weighted by molar-refractivity contribution is 5.91. The number of hydrogen-bond acceptors (Lipinski definition) is 3. The summed E-state index contributed by atoms with van der Waals surface area (Å²) in [5, 5.41) is 0. The second-order valence-corrected chi connectivity index (χ2v) is 9.65. The Morgan fingerprint density at radius 2 is 1.88 bits per heavy atom. The zero-order chi connectivity index (χ0) is 18.0. The smallest absolute Gasteiger partial charge is 0.302 e. The van der Waals surface area contributed by atoms with Crippen LogP contribution in [0.5, 0.6) is 0 Å². The van der Waals surface area contributed by atoms with Gasteiger partial charge in [-0.05, 0) is 80.6 Å². The SMILES string of the molecule is CC(=O)O[C@H]1CCC2C3CC[C@H]4CC(=O)C=C(C)[C@]4(C)C3CC[C@@]21C. The van der Waals surface area contributed by atoms with Gasteiger partial charge in [0.1, 0.15) is 6.10 Å². The highest BCUT2D eigenvalue weighted by atomic mass is 16.5. The normalized spacial score (nSPS) is 48.9. The molecule has 0 N–H and O–H groups in total. The molecule has 3 nitrogen and oxygen atoms in total. The molecule has 3 fully saturated rings. The average molecular weight is 344 g/mol. The average Bonchev–Trinajstić information content (AvgIpc) is 2.85. The fourth-order valence-corrected chi connectivity index (χ4v) is 7.40. The van der Waals surface area contributed by atoms with Gasteiger partial charge in [0.2, 0.25) is 0 Å². The molecule has 0 heterocycles. The molecule has 3 heteroatoms. The molecule has 0 aromatic rings. The van der Waals surface area contributed by atoms with Gasteiger partial charge in [0.15, 0.2) is 5.78 Å². The van der Waals surface area contributed by atoms with Crippen LogP contribution in [0.15, 0.2) is 11.6 Å². The zero-order valence-electron chi connectivity index (χ0n) is 16.1. The van der Waals surface area contributed by atoms with E-state index in [2.05, 4.69) is 20.8 Å². The lowest BCUT2D eigenvalue weighted by Crippen LogP contribution is -2.54. The van der Waals surface area contributed by atoms with E-state index in [0.717, 1.165) is 25.2 Å². The molecule has 0 amide bonds. The van der Waals surface area contributed by atoms with Gasteiger partial charge in [-0.25, -0.2) is 0 Å². The Balaban J connectivity index is 1.65. The first-order valence-corrected chi connectivity index (χ1v) is 10.2. The molecule has 4 rings (SSSR count). The zero-order valence-corrected chi connectivity index (χ0v) is 16.1. The van der Waals surface area contributed by atoms with Gasteiger partial charge in [-0.2, -0.15) is 0 Å². The van der Waals surface area contributed by atoms with E-state index in [1.807, 2.05) is 6.08 Å². The summed E-state index contributed by atoms with van der Waals surface area (Å²) in [4.78, 5) is 23.6. The minimum absolute atomic E-state index is 0.103. The molecule has 0 aliphatic heterocycles. The van der Waals surface area contributed by atoms with Gasteiger partial charge in [0, 0.05) is 18.8 Å². The van der Waals surface area contributed by atoms with Crippen molar-refractivity contribution in [3.63, 3.8) is 0 Å². The minimum atomic E-state index is -0.130. The fraction of sp³-hybridized carbons (Fsp3) is 0.818. The maximum absolute atomic E-state index is 12.1. The lowest BCUT2D eigenvalue weighted by molar-refractivity contribution is -0.158. The third-order valence-electron chi connectivity index (χ3n) is 8.80. The summed E-state index contributed by atoms with van der Waals surface area (Å²) in [6.45, 7) is 8.54. The van der Waals surface area contributed by atoms with E-state index < -0.39 is 0 Å². The van der Waals surface area contributed by atoms with E-state index in [0.29, 0.717) is 23.5 Å². The van der Waals surface area contributed by atoms with Crippen LogP contribution in [0.1, 0.15) is 72.6 Å². The Kier molecular flexibility index (Phi) is 3.94. The number of carbonyl (C=O) groups is 2. The molecule has 0 aromatic heterocycles. The Bertz CT molecular complexity index is 635. The molecule has 3 saturated carbocycles. The van der Waals surface area contributed by atoms with E-state index in [4.69, 9.17) is 4.74 Å². The van der Waals surface area contributed by atoms with Crippen LogP contribution in [0.2, 0.25) is 0 Å². The van der Waals surface area contributed by atoms with Crippen molar-refractivity contribution in [1.82, 2.24) is 0 Å². The number of allylic oxidation sites excluding steroid dienone is 2. The Morgan fingerprint density at radius 3 is 2.60 bits per heavy atom. The largest absolute Gasteiger partial charge is 0.462 e. The molecule has 0 spiro atoms. The number of ketones is 1. The van der Waals surface area contributed by atoms with Gasteiger partial charge >= 0.3 is 5.97 Å². The monoisotopic (exact) mass is 344 g/mol. The summed E-state index contributed by atoms with van der Waals surface area (Å²) in [7, 11) is 0. The number of fused-ring (bicyclic) bond motifs is 5. The molecule has 7 atom stereocenters. The predicted octanol–water partition coefficient (Wildman–Crippen LogP) is 4.70. The second-order valence-electron chi connectivity index (χ2n) is 9.65. The van der Waals surface area contributed by atoms with Crippen molar-refractivity contribution in [2.45, 2.75) is 78.7 Å². The summed E-state index contributed by atoms with van der Waals surface area (Å²) in [5.41, 5.74) is 1.66.